The topological polar surface area (TPSA) is 66.9 Å². The van der Waals surface area contributed by atoms with Crippen LogP contribution in [0.2, 0.25) is 0 Å². The molecule has 1 saturated heterocycles. The maximum Gasteiger partial charge on any atom is 0.309 e. The van der Waals surface area contributed by atoms with Gasteiger partial charge in [0.25, 0.3) is 11.8 Å². The highest BCUT2D eigenvalue weighted by atomic mass is 19.1. The number of hydrogen-bond donors (Lipinski definition) is 0. The summed E-state index contributed by atoms with van der Waals surface area (Å²) in [5, 5.41) is 0. The van der Waals surface area contributed by atoms with Gasteiger partial charge in [-0.1, -0.05) is 18.2 Å². The molecule has 168 valence electrons. The Morgan fingerprint density at radius 2 is 1.69 bits per heavy atom. The number of carbonyl (C=O) groups excluding carboxylic acids is 3. The minimum Gasteiger partial charge on any atom is -0.452 e. The molecule has 2 aliphatic rings. The van der Waals surface area contributed by atoms with Crippen LogP contribution in [0.5, 0.6) is 0 Å². The van der Waals surface area contributed by atoms with Crippen LogP contribution in [-0.4, -0.2) is 48.4 Å². The van der Waals surface area contributed by atoms with Gasteiger partial charge in [-0.05, 0) is 68.5 Å². The van der Waals surface area contributed by atoms with Crippen molar-refractivity contribution in [1.29, 1.82) is 0 Å². The Bertz CT molecular complexity index is 999. The SMILES string of the molecule is CC(OC(=O)C1CCN(C(=O)c2ccc(F)cc2)CC1)C(=O)N1CCCc2ccccc21. The number of hydrogen-bond acceptors (Lipinski definition) is 4. The number of amides is 2. The molecule has 0 aliphatic carbocycles. The largest absolute Gasteiger partial charge is 0.452 e. The van der Waals surface area contributed by atoms with Crippen LogP contribution in [0.15, 0.2) is 48.5 Å². The smallest absolute Gasteiger partial charge is 0.309 e. The van der Waals surface area contributed by atoms with Crippen molar-refractivity contribution in [2.24, 2.45) is 5.92 Å². The summed E-state index contributed by atoms with van der Waals surface area (Å²) in [4.78, 5) is 41.6. The first-order chi connectivity index (χ1) is 15.4. The Hall–Kier alpha value is -3.22. The normalized spacial score (nSPS) is 17.4. The Balaban J connectivity index is 1.31. The van der Waals surface area contributed by atoms with E-state index >= 15 is 0 Å². The number of likely N-dealkylation sites (tertiary alicyclic amines) is 1. The number of carbonyl (C=O) groups is 3. The molecular formula is C25H27FN2O4. The second-order valence-corrected chi connectivity index (χ2v) is 8.37. The molecule has 7 heteroatoms. The molecule has 4 rings (SSSR count). The third kappa shape index (κ3) is 4.66. The Labute approximate surface area is 187 Å². The van der Waals surface area contributed by atoms with Gasteiger partial charge in [0.1, 0.15) is 5.82 Å². The van der Waals surface area contributed by atoms with Crippen LogP contribution in [0, 0.1) is 11.7 Å². The van der Waals surface area contributed by atoms with Crippen molar-refractivity contribution in [2.75, 3.05) is 24.5 Å². The maximum absolute atomic E-state index is 13.1. The summed E-state index contributed by atoms with van der Waals surface area (Å²) in [7, 11) is 0. The van der Waals surface area contributed by atoms with E-state index in [1.54, 1.807) is 16.7 Å². The molecule has 0 saturated carbocycles. The van der Waals surface area contributed by atoms with Crippen LogP contribution >= 0.6 is 0 Å². The summed E-state index contributed by atoms with van der Waals surface area (Å²) in [5.41, 5.74) is 2.44. The number of para-hydroxylation sites is 1. The highest BCUT2D eigenvalue weighted by molar-refractivity contribution is 5.98. The molecule has 32 heavy (non-hydrogen) atoms. The predicted molar refractivity (Wildman–Crippen MR) is 118 cm³/mol. The van der Waals surface area contributed by atoms with Crippen LogP contribution in [-0.2, 0) is 20.7 Å². The van der Waals surface area contributed by atoms with Gasteiger partial charge in [0.15, 0.2) is 6.10 Å². The summed E-state index contributed by atoms with van der Waals surface area (Å²) >= 11 is 0. The van der Waals surface area contributed by atoms with E-state index < -0.39 is 12.1 Å². The molecule has 1 atom stereocenters. The lowest BCUT2D eigenvalue weighted by molar-refractivity contribution is -0.159. The molecule has 0 N–H and O–H groups in total. The molecule has 2 aliphatic heterocycles. The van der Waals surface area contributed by atoms with Gasteiger partial charge in [-0.2, -0.15) is 0 Å². The molecule has 2 amide bonds. The van der Waals surface area contributed by atoms with Crippen molar-refractivity contribution in [2.45, 2.75) is 38.7 Å². The van der Waals surface area contributed by atoms with E-state index in [4.69, 9.17) is 4.74 Å². The number of fused-ring (bicyclic) bond motifs is 1. The number of esters is 1. The Morgan fingerprint density at radius 3 is 2.41 bits per heavy atom. The molecule has 0 radical (unpaired) electrons. The highest BCUT2D eigenvalue weighted by Crippen LogP contribution is 2.28. The minimum atomic E-state index is -0.868. The standard InChI is InChI=1S/C25H27FN2O4/c1-17(23(29)28-14-4-6-18-5-2-3-7-22(18)28)32-25(31)20-12-15-27(16-13-20)24(30)19-8-10-21(26)11-9-19/h2-3,5,7-11,17,20H,4,6,12-16H2,1H3. The highest BCUT2D eigenvalue weighted by Gasteiger charge is 2.33. The second-order valence-electron chi connectivity index (χ2n) is 8.37. The van der Waals surface area contributed by atoms with E-state index in [0.29, 0.717) is 38.0 Å². The molecule has 0 aromatic heterocycles. The molecular weight excluding hydrogens is 411 g/mol. The lowest BCUT2D eigenvalue weighted by atomic mass is 9.96. The molecule has 6 nitrogen and oxygen atoms in total. The predicted octanol–water partition coefficient (Wildman–Crippen LogP) is 3.59. The maximum atomic E-state index is 13.1. The van der Waals surface area contributed by atoms with Gasteiger partial charge in [-0.3, -0.25) is 14.4 Å². The van der Waals surface area contributed by atoms with E-state index in [1.807, 2.05) is 24.3 Å². The van der Waals surface area contributed by atoms with E-state index in [-0.39, 0.29) is 23.5 Å². The molecule has 0 bridgehead atoms. The Morgan fingerprint density at radius 1 is 1.00 bits per heavy atom. The second kappa shape index (κ2) is 9.51. The van der Waals surface area contributed by atoms with Crippen molar-refractivity contribution in [3.63, 3.8) is 0 Å². The van der Waals surface area contributed by atoms with E-state index in [2.05, 4.69) is 0 Å². The summed E-state index contributed by atoms with van der Waals surface area (Å²) in [6.07, 6.45) is 1.89. The summed E-state index contributed by atoms with van der Waals surface area (Å²) < 4.78 is 18.6. The van der Waals surface area contributed by atoms with Gasteiger partial charge in [-0.25, -0.2) is 4.39 Å². The Kier molecular flexibility index (Phi) is 6.53. The van der Waals surface area contributed by atoms with Crippen LogP contribution < -0.4 is 4.90 Å². The fourth-order valence-corrected chi connectivity index (χ4v) is 4.40. The number of nitrogens with zero attached hydrogens (tertiary/aromatic N) is 2. The summed E-state index contributed by atoms with van der Waals surface area (Å²) in [6, 6.07) is 13.3. The van der Waals surface area contributed by atoms with E-state index in [9.17, 15) is 18.8 Å². The third-order valence-electron chi connectivity index (χ3n) is 6.22. The number of rotatable bonds is 4. The average Bonchev–Trinajstić information content (AvgIpc) is 2.83. The van der Waals surface area contributed by atoms with Crippen molar-refractivity contribution in [1.82, 2.24) is 4.90 Å². The van der Waals surface area contributed by atoms with Crippen LogP contribution in [0.3, 0.4) is 0 Å². The molecule has 1 unspecified atom stereocenters. The zero-order valence-corrected chi connectivity index (χ0v) is 18.1. The van der Waals surface area contributed by atoms with Crippen LogP contribution in [0.4, 0.5) is 10.1 Å². The number of benzene rings is 2. The molecule has 0 spiro atoms. The van der Waals surface area contributed by atoms with Crippen LogP contribution in [0.1, 0.15) is 42.1 Å². The molecule has 2 heterocycles. The van der Waals surface area contributed by atoms with Gasteiger partial charge < -0.3 is 14.5 Å². The average molecular weight is 438 g/mol. The van der Waals surface area contributed by atoms with Gasteiger partial charge in [0.2, 0.25) is 0 Å². The summed E-state index contributed by atoms with van der Waals surface area (Å²) in [6.45, 7) is 3.06. The number of aryl methyl sites for hydroxylation is 1. The number of piperidine rings is 1. The molecule has 1 fully saturated rings. The fraction of sp³-hybridized carbons (Fsp3) is 0.400. The van der Waals surface area contributed by atoms with Crippen molar-refractivity contribution < 1.29 is 23.5 Å². The number of ether oxygens (including phenoxy) is 1. The van der Waals surface area contributed by atoms with Crippen molar-refractivity contribution >= 4 is 23.5 Å². The van der Waals surface area contributed by atoms with Gasteiger partial charge in [0, 0.05) is 30.9 Å². The molecule has 2 aromatic rings. The zero-order valence-electron chi connectivity index (χ0n) is 18.1. The third-order valence-corrected chi connectivity index (χ3v) is 6.22. The summed E-state index contributed by atoms with van der Waals surface area (Å²) in [5.74, 6) is -1.53. The number of anilines is 1. The quantitative estimate of drug-likeness (QED) is 0.685. The molecule has 2 aromatic carbocycles. The van der Waals surface area contributed by atoms with E-state index in [1.165, 1.54) is 24.3 Å². The first-order valence-corrected chi connectivity index (χ1v) is 11.1. The van der Waals surface area contributed by atoms with Gasteiger partial charge in [-0.15, -0.1) is 0 Å². The first kappa shape index (κ1) is 22.0. The van der Waals surface area contributed by atoms with E-state index in [0.717, 1.165) is 24.1 Å². The fourth-order valence-electron chi connectivity index (χ4n) is 4.40. The minimum absolute atomic E-state index is 0.177. The first-order valence-electron chi connectivity index (χ1n) is 11.1. The van der Waals surface area contributed by atoms with Gasteiger partial charge in [0.05, 0.1) is 5.92 Å². The monoisotopic (exact) mass is 438 g/mol. The lowest BCUT2D eigenvalue weighted by Gasteiger charge is -2.33. The van der Waals surface area contributed by atoms with Crippen LogP contribution in [0.25, 0.3) is 0 Å². The van der Waals surface area contributed by atoms with Crippen molar-refractivity contribution in [3.05, 3.63) is 65.5 Å². The zero-order chi connectivity index (χ0) is 22.7. The van der Waals surface area contributed by atoms with Gasteiger partial charge >= 0.3 is 5.97 Å². The number of halogens is 1. The lowest BCUT2D eigenvalue weighted by Crippen LogP contribution is -2.45. The van der Waals surface area contributed by atoms with Crippen molar-refractivity contribution in [3.8, 4) is 0 Å².